The quantitative estimate of drug-likeness (QED) is 0.685. The average Bonchev–Trinajstić information content (AvgIpc) is 3.50. The lowest BCUT2D eigenvalue weighted by atomic mass is 10.1. The third kappa shape index (κ3) is 5.62. The SMILES string of the molecule is O=C(CCCNC(=O)C1CC1)Nc1cc(C(F)(F)F)ccc1N1CCCCC1. The Hall–Kier alpha value is -2.25. The van der Waals surface area contributed by atoms with Crippen molar-refractivity contribution in [2.45, 2.75) is 51.1 Å². The van der Waals surface area contributed by atoms with E-state index < -0.39 is 11.7 Å². The molecule has 5 nitrogen and oxygen atoms in total. The molecule has 1 saturated carbocycles. The van der Waals surface area contributed by atoms with Crippen molar-refractivity contribution in [3.63, 3.8) is 0 Å². The monoisotopic (exact) mass is 397 g/mol. The van der Waals surface area contributed by atoms with E-state index in [9.17, 15) is 22.8 Å². The zero-order valence-electron chi connectivity index (χ0n) is 15.8. The zero-order valence-corrected chi connectivity index (χ0v) is 15.8. The second-order valence-corrected chi connectivity index (χ2v) is 7.49. The first-order chi connectivity index (χ1) is 13.3. The number of halogens is 3. The maximum atomic E-state index is 13.1. The third-order valence-electron chi connectivity index (χ3n) is 5.12. The Morgan fingerprint density at radius 3 is 2.46 bits per heavy atom. The number of rotatable bonds is 7. The Labute approximate surface area is 162 Å². The van der Waals surface area contributed by atoms with Gasteiger partial charge in [-0.25, -0.2) is 0 Å². The minimum atomic E-state index is -4.47. The number of hydrogen-bond acceptors (Lipinski definition) is 3. The van der Waals surface area contributed by atoms with Crippen LogP contribution in [0.5, 0.6) is 0 Å². The Morgan fingerprint density at radius 2 is 1.82 bits per heavy atom. The first-order valence-electron chi connectivity index (χ1n) is 9.88. The molecule has 1 aromatic rings. The molecule has 1 heterocycles. The predicted molar refractivity (Wildman–Crippen MR) is 101 cm³/mol. The molecule has 1 aliphatic heterocycles. The van der Waals surface area contributed by atoms with Crippen LogP contribution in [0.15, 0.2) is 18.2 Å². The van der Waals surface area contributed by atoms with Crippen molar-refractivity contribution in [2.24, 2.45) is 5.92 Å². The smallest absolute Gasteiger partial charge is 0.370 e. The van der Waals surface area contributed by atoms with Gasteiger partial charge in [-0.05, 0) is 56.7 Å². The lowest BCUT2D eigenvalue weighted by Gasteiger charge is -2.31. The minimum absolute atomic E-state index is 0.0191. The number of carbonyl (C=O) groups is 2. The van der Waals surface area contributed by atoms with Gasteiger partial charge >= 0.3 is 6.18 Å². The van der Waals surface area contributed by atoms with E-state index in [0.29, 0.717) is 18.7 Å². The number of benzene rings is 1. The standard InChI is InChI=1S/C20H26F3N3O2/c21-20(22,23)15-8-9-17(26-11-2-1-3-12-26)16(13-15)25-18(27)5-4-10-24-19(28)14-6-7-14/h8-9,13-14H,1-7,10-12H2,(H,24,28)(H,25,27). The number of piperidine rings is 1. The Morgan fingerprint density at radius 1 is 1.11 bits per heavy atom. The van der Waals surface area contributed by atoms with E-state index in [-0.39, 0.29) is 29.8 Å². The van der Waals surface area contributed by atoms with Crippen LogP contribution in [-0.2, 0) is 15.8 Å². The summed E-state index contributed by atoms with van der Waals surface area (Å²) in [6, 6.07) is 3.52. The molecular formula is C20H26F3N3O2. The first kappa shape index (κ1) is 20.5. The average molecular weight is 397 g/mol. The summed E-state index contributed by atoms with van der Waals surface area (Å²) in [4.78, 5) is 25.9. The fourth-order valence-electron chi connectivity index (χ4n) is 3.39. The van der Waals surface area contributed by atoms with Crippen LogP contribution in [0.2, 0.25) is 0 Å². The zero-order chi connectivity index (χ0) is 20.1. The van der Waals surface area contributed by atoms with Gasteiger partial charge in [0.2, 0.25) is 11.8 Å². The van der Waals surface area contributed by atoms with Gasteiger partial charge in [-0.1, -0.05) is 0 Å². The first-order valence-corrected chi connectivity index (χ1v) is 9.88. The summed E-state index contributed by atoms with van der Waals surface area (Å²) in [6.45, 7) is 1.92. The summed E-state index contributed by atoms with van der Waals surface area (Å²) < 4.78 is 39.3. The van der Waals surface area contributed by atoms with Crippen molar-refractivity contribution < 1.29 is 22.8 Å². The van der Waals surface area contributed by atoms with Gasteiger partial charge < -0.3 is 15.5 Å². The summed E-state index contributed by atoms with van der Waals surface area (Å²) >= 11 is 0. The van der Waals surface area contributed by atoms with Crippen LogP contribution >= 0.6 is 0 Å². The molecule has 1 aliphatic carbocycles. The number of amides is 2. The molecule has 154 valence electrons. The number of anilines is 2. The van der Waals surface area contributed by atoms with Crippen LogP contribution in [0, 0.1) is 5.92 Å². The predicted octanol–water partition coefficient (Wildman–Crippen LogP) is 3.94. The Balaban J connectivity index is 1.61. The van der Waals surface area contributed by atoms with Crippen LogP contribution in [0.3, 0.4) is 0 Å². The molecule has 3 rings (SSSR count). The number of carbonyl (C=O) groups excluding carboxylic acids is 2. The molecule has 2 amide bonds. The van der Waals surface area contributed by atoms with Crippen LogP contribution in [0.4, 0.5) is 24.5 Å². The summed E-state index contributed by atoms with van der Waals surface area (Å²) in [6.07, 6.45) is 1.02. The van der Waals surface area contributed by atoms with Crippen LogP contribution in [-0.4, -0.2) is 31.4 Å². The summed E-state index contributed by atoms with van der Waals surface area (Å²) in [5.41, 5.74) is 0.0482. The summed E-state index contributed by atoms with van der Waals surface area (Å²) in [7, 11) is 0. The lowest BCUT2D eigenvalue weighted by Crippen LogP contribution is -2.30. The van der Waals surface area contributed by atoms with Gasteiger partial charge in [0.25, 0.3) is 0 Å². The number of nitrogens with one attached hydrogen (secondary N) is 2. The molecule has 28 heavy (non-hydrogen) atoms. The van der Waals surface area contributed by atoms with E-state index in [2.05, 4.69) is 10.6 Å². The third-order valence-corrected chi connectivity index (χ3v) is 5.12. The second-order valence-electron chi connectivity index (χ2n) is 7.49. The Kier molecular flexibility index (Phi) is 6.46. The highest BCUT2D eigenvalue weighted by atomic mass is 19.4. The molecule has 2 fully saturated rings. The molecule has 8 heteroatoms. The van der Waals surface area contributed by atoms with Gasteiger partial charge in [0, 0.05) is 32.0 Å². The van der Waals surface area contributed by atoms with E-state index in [1.165, 1.54) is 6.07 Å². The van der Waals surface area contributed by atoms with E-state index in [4.69, 9.17) is 0 Å². The number of nitrogens with zero attached hydrogens (tertiary/aromatic N) is 1. The van der Waals surface area contributed by atoms with Crippen LogP contribution < -0.4 is 15.5 Å². The highest BCUT2D eigenvalue weighted by Crippen LogP contribution is 2.36. The van der Waals surface area contributed by atoms with Crippen LogP contribution in [0.25, 0.3) is 0 Å². The normalized spacial score (nSPS) is 17.3. The summed E-state index contributed by atoms with van der Waals surface area (Å²) in [5.74, 6) is -0.213. The second kappa shape index (κ2) is 8.84. The highest BCUT2D eigenvalue weighted by Gasteiger charge is 2.32. The maximum Gasteiger partial charge on any atom is 0.416 e. The number of hydrogen-bond donors (Lipinski definition) is 2. The fourth-order valence-corrected chi connectivity index (χ4v) is 3.39. The maximum absolute atomic E-state index is 13.1. The van der Waals surface area contributed by atoms with Gasteiger partial charge in [0.15, 0.2) is 0 Å². The molecule has 2 N–H and O–H groups in total. The molecule has 0 spiro atoms. The molecule has 0 bridgehead atoms. The molecular weight excluding hydrogens is 371 g/mol. The lowest BCUT2D eigenvalue weighted by molar-refractivity contribution is -0.137. The van der Waals surface area contributed by atoms with Crippen LogP contribution in [0.1, 0.15) is 50.5 Å². The van der Waals surface area contributed by atoms with Gasteiger partial charge in [0.1, 0.15) is 0 Å². The van der Waals surface area contributed by atoms with E-state index in [0.717, 1.165) is 57.3 Å². The summed E-state index contributed by atoms with van der Waals surface area (Å²) in [5, 5.41) is 5.43. The number of alkyl halides is 3. The van der Waals surface area contributed by atoms with Crippen molar-refractivity contribution in [1.82, 2.24) is 5.32 Å². The highest BCUT2D eigenvalue weighted by molar-refractivity contribution is 5.94. The molecule has 0 radical (unpaired) electrons. The Bertz CT molecular complexity index is 711. The molecule has 1 saturated heterocycles. The van der Waals surface area contributed by atoms with E-state index in [1.807, 2.05) is 4.90 Å². The van der Waals surface area contributed by atoms with Crippen molar-refractivity contribution in [1.29, 1.82) is 0 Å². The molecule has 0 aromatic heterocycles. The molecule has 2 aliphatic rings. The van der Waals surface area contributed by atoms with E-state index >= 15 is 0 Å². The van der Waals surface area contributed by atoms with Crippen molar-refractivity contribution in [3.05, 3.63) is 23.8 Å². The van der Waals surface area contributed by atoms with Gasteiger partial charge in [-0.3, -0.25) is 9.59 Å². The molecule has 1 aromatic carbocycles. The van der Waals surface area contributed by atoms with Crippen molar-refractivity contribution in [3.8, 4) is 0 Å². The van der Waals surface area contributed by atoms with Gasteiger partial charge in [0.05, 0.1) is 16.9 Å². The molecule has 0 atom stereocenters. The van der Waals surface area contributed by atoms with E-state index in [1.54, 1.807) is 0 Å². The topological polar surface area (TPSA) is 61.4 Å². The van der Waals surface area contributed by atoms with Gasteiger partial charge in [-0.15, -0.1) is 0 Å². The minimum Gasteiger partial charge on any atom is -0.370 e. The fraction of sp³-hybridized carbons (Fsp3) is 0.600. The van der Waals surface area contributed by atoms with Crippen molar-refractivity contribution >= 4 is 23.2 Å². The largest absolute Gasteiger partial charge is 0.416 e. The van der Waals surface area contributed by atoms with Gasteiger partial charge in [-0.2, -0.15) is 13.2 Å². The van der Waals surface area contributed by atoms with Crippen molar-refractivity contribution in [2.75, 3.05) is 29.9 Å². The molecule has 0 unspecified atom stereocenters.